The largest absolute Gasteiger partial charge is 0.497 e. The second kappa shape index (κ2) is 9.26. The number of amides is 1. The van der Waals surface area contributed by atoms with E-state index in [1.54, 1.807) is 44.0 Å². The zero-order valence-electron chi connectivity index (χ0n) is 17.8. The van der Waals surface area contributed by atoms with Gasteiger partial charge in [0, 0.05) is 35.7 Å². The maximum absolute atomic E-state index is 13.2. The Balaban J connectivity index is 1.75. The third kappa shape index (κ3) is 4.33. The first-order valence-corrected chi connectivity index (χ1v) is 11.3. The van der Waals surface area contributed by atoms with E-state index in [-0.39, 0.29) is 17.9 Å². The number of nitrogens with one attached hydrogen (secondary N) is 1. The van der Waals surface area contributed by atoms with E-state index < -0.39 is 5.92 Å². The predicted octanol–water partition coefficient (Wildman–Crippen LogP) is 4.22. The summed E-state index contributed by atoms with van der Waals surface area (Å²) in [5.41, 5.74) is 1.83. The number of anilines is 1. The van der Waals surface area contributed by atoms with E-state index in [4.69, 9.17) is 21.1 Å². The van der Waals surface area contributed by atoms with E-state index in [1.807, 2.05) is 24.3 Å². The number of nitrogens with zero attached hydrogens (tertiary/aromatic N) is 2. The summed E-state index contributed by atoms with van der Waals surface area (Å²) in [5.74, 6) is 1.59. The van der Waals surface area contributed by atoms with Gasteiger partial charge < -0.3 is 19.4 Å². The van der Waals surface area contributed by atoms with Crippen molar-refractivity contribution < 1.29 is 14.3 Å². The third-order valence-corrected chi connectivity index (χ3v) is 6.75. The first kappa shape index (κ1) is 22.2. The molecule has 7 nitrogen and oxygen atoms in total. The Morgan fingerprint density at radius 3 is 2.59 bits per heavy atom. The zero-order valence-corrected chi connectivity index (χ0v) is 19.4. The van der Waals surface area contributed by atoms with E-state index in [0.717, 1.165) is 5.56 Å². The van der Waals surface area contributed by atoms with Crippen LogP contribution < -0.4 is 20.3 Å². The number of aromatic nitrogens is 2. The monoisotopic (exact) mass is 471 g/mol. The van der Waals surface area contributed by atoms with Crippen molar-refractivity contribution in [3.05, 3.63) is 74.5 Å². The molecule has 0 aliphatic carbocycles. The summed E-state index contributed by atoms with van der Waals surface area (Å²) in [6.45, 7) is 0. The van der Waals surface area contributed by atoms with Gasteiger partial charge in [-0.25, -0.2) is 0 Å². The van der Waals surface area contributed by atoms with Crippen molar-refractivity contribution in [2.45, 2.75) is 23.2 Å². The zero-order chi connectivity index (χ0) is 22.8. The van der Waals surface area contributed by atoms with Crippen LogP contribution in [-0.2, 0) is 17.6 Å². The fourth-order valence-electron chi connectivity index (χ4n) is 3.77. The van der Waals surface area contributed by atoms with Crippen molar-refractivity contribution in [2.24, 2.45) is 7.05 Å². The van der Waals surface area contributed by atoms with Crippen LogP contribution in [0.2, 0.25) is 5.02 Å². The average Bonchev–Trinajstić information content (AvgIpc) is 2.80. The van der Waals surface area contributed by atoms with Gasteiger partial charge in [-0.3, -0.25) is 9.59 Å². The molecule has 2 aromatic carbocycles. The third-order valence-electron chi connectivity index (χ3n) is 5.39. The number of ether oxygens (including phenoxy) is 2. The molecular formula is C23H22ClN3O4S. The Kier molecular flexibility index (Phi) is 6.43. The van der Waals surface area contributed by atoms with Crippen molar-refractivity contribution in [3.63, 3.8) is 0 Å². The number of hydrogen-bond donors (Lipinski definition) is 1. The molecule has 166 valence electrons. The molecular weight excluding hydrogens is 450 g/mol. The molecule has 9 heteroatoms. The number of carbonyl (C=O) groups excluding carboxylic acids is 1. The summed E-state index contributed by atoms with van der Waals surface area (Å²) in [4.78, 5) is 30.1. The smallest absolute Gasteiger partial charge is 0.279 e. The Labute approximate surface area is 194 Å². The predicted molar refractivity (Wildman–Crippen MR) is 125 cm³/mol. The number of methoxy groups -OCH3 is 2. The SMILES string of the molecule is COc1ccc(OC)c([C@H]2CC(=O)Nc3c2c(=O)nc(SCc2ccc(Cl)cc2)n3C)c1. The minimum Gasteiger partial charge on any atom is -0.497 e. The molecule has 3 aromatic rings. The van der Waals surface area contributed by atoms with Crippen molar-refractivity contribution in [1.29, 1.82) is 0 Å². The lowest BCUT2D eigenvalue weighted by molar-refractivity contribution is -0.116. The van der Waals surface area contributed by atoms with Gasteiger partial charge in [-0.15, -0.1) is 0 Å². The number of benzene rings is 2. The van der Waals surface area contributed by atoms with Gasteiger partial charge in [0.15, 0.2) is 5.16 Å². The molecule has 1 amide bonds. The topological polar surface area (TPSA) is 82.4 Å². The molecule has 0 bridgehead atoms. The lowest BCUT2D eigenvalue weighted by Gasteiger charge is -2.28. The van der Waals surface area contributed by atoms with Crippen molar-refractivity contribution in [2.75, 3.05) is 19.5 Å². The molecule has 0 saturated carbocycles. The summed E-state index contributed by atoms with van der Waals surface area (Å²) in [6, 6.07) is 12.9. The quantitative estimate of drug-likeness (QED) is 0.428. The van der Waals surface area contributed by atoms with Crippen LogP contribution in [0.1, 0.15) is 29.0 Å². The van der Waals surface area contributed by atoms with Gasteiger partial charge in [0.05, 0.1) is 19.8 Å². The van der Waals surface area contributed by atoms with Crippen LogP contribution in [0.4, 0.5) is 5.82 Å². The van der Waals surface area contributed by atoms with Crippen LogP contribution in [0.15, 0.2) is 52.4 Å². The molecule has 0 spiro atoms. The van der Waals surface area contributed by atoms with Gasteiger partial charge in [-0.1, -0.05) is 35.5 Å². The highest BCUT2D eigenvalue weighted by atomic mass is 35.5. The second-order valence-electron chi connectivity index (χ2n) is 7.35. The van der Waals surface area contributed by atoms with Gasteiger partial charge in [0.1, 0.15) is 17.3 Å². The van der Waals surface area contributed by atoms with E-state index in [0.29, 0.717) is 44.4 Å². The number of halogens is 1. The molecule has 0 fully saturated rings. The van der Waals surface area contributed by atoms with E-state index in [1.165, 1.54) is 11.8 Å². The van der Waals surface area contributed by atoms with Gasteiger partial charge in [-0.2, -0.15) is 4.98 Å². The van der Waals surface area contributed by atoms with E-state index >= 15 is 0 Å². The minimum absolute atomic E-state index is 0.116. The van der Waals surface area contributed by atoms with Crippen LogP contribution in [0.5, 0.6) is 11.5 Å². The summed E-state index contributed by atoms with van der Waals surface area (Å²) in [6.07, 6.45) is 0.116. The fourth-order valence-corrected chi connectivity index (χ4v) is 4.82. The van der Waals surface area contributed by atoms with Gasteiger partial charge >= 0.3 is 0 Å². The maximum Gasteiger partial charge on any atom is 0.279 e. The molecule has 1 aliphatic rings. The molecule has 32 heavy (non-hydrogen) atoms. The molecule has 1 aromatic heterocycles. The highest BCUT2D eigenvalue weighted by Gasteiger charge is 2.34. The molecule has 0 radical (unpaired) electrons. The highest BCUT2D eigenvalue weighted by Crippen LogP contribution is 2.41. The van der Waals surface area contributed by atoms with Crippen LogP contribution in [0, 0.1) is 0 Å². The molecule has 0 unspecified atom stereocenters. The van der Waals surface area contributed by atoms with Crippen LogP contribution in [0.25, 0.3) is 0 Å². The summed E-state index contributed by atoms with van der Waals surface area (Å²) in [7, 11) is 4.92. The lowest BCUT2D eigenvalue weighted by Crippen LogP contribution is -2.33. The fraction of sp³-hybridized carbons (Fsp3) is 0.261. The first-order chi connectivity index (χ1) is 15.4. The first-order valence-electron chi connectivity index (χ1n) is 9.91. The average molecular weight is 472 g/mol. The highest BCUT2D eigenvalue weighted by molar-refractivity contribution is 7.98. The summed E-state index contributed by atoms with van der Waals surface area (Å²) in [5, 5.41) is 4.04. The van der Waals surface area contributed by atoms with Crippen molar-refractivity contribution in [1.82, 2.24) is 9.55 Å². The Bertz CT molecular complexity index is 1230. The van der Waals surface area contributed by atoms with Crippen LogP contribution in [-0.4, -0.2) is 29.7 Å². The van der Waals surface area contributed by atoms with E-state index in [9.17, 15) is 9.59 Å². The van der Waals surface area contributed by atoms with E-state index in [2.05, 4.69) is 10.3 Å². The van der Waals surface area contributed by atoms with Gasteiger partial charge in [0.2, 0.25) is 5.91 Å². The Morgan fingerprint density at radius 2 is 1.91 bits per heavy atom. The molecule has 4 rings (SSSR count). The molecule has 1 atom stereocenters. The minimum atomic E-state index is -0.495. The Hall–Kier alpha value is -2.97. The number of fused-ring (bicyclic) bond motifs is 1. The molecule has 1 aliphatic heterocycles. The van der Waals surface area contributed by atoms with Gasteiger partial charge in [0.25, 0.3) is 5.56 Å². The molecule has 0 saturated heterocycles. The van der Waals surface area contributed by atoms with Crippen LogP contribution in [0.3, 0.4) is 0 Å². The standard InChI is InChI=1S/C23H22ClN3O4S/c1-27-21-20(22(29)26-23(27)32-12-13-4-6-14(24)7-5-13)17(11-19(28)25-21)16-10-15(30-2)8-9-18(16)31-3/h4-10,17H,11-12H2,1-3H3,(H,25,28)/t17-/m1/s1. The van der Waals surface area contributed by atoms with Crippen molar-refractivity contribution in [3.8, 4) is 11.5 Å². The Morgan fingerprint density at radius 1 is 1.16 bits per heavy atom. The summed E-state index contributed by atoms with van der Waals surface area (Å²) < 4.78 is 12.6. The maximum atomic E-state index is 13.2. The normalized spacial score (nSPS) is 15.1. The van der Waals surface area contributed by atoms with Gasteiger partial charge in [-0.05, 0) is 35.9 Å². The number of hydrogen-bond acceptors (Lipinski definition) is 6. The van der Waals surface area contributed by atoms with Crippen molar-refractivity contribution >= 4 is 35.1 Å². The second-order valence-corrected chi connectivity index (χ2v) is 8.73. The van der Waals surface area contributed by atoms with Crippen LogP contribution >= 0.6 is 23.4 Å². The molecule has 2 heterocycles. The number of thioether (sulfide) groups is 1. The lowest BCUT2D eigenvalue weighted by atomic mass is 9.86. The number of rotatable bonds is 6. The molecule has 1 N–H and O–H groups in total. The summed E-state index contributed by atoms with van der Waals surface area (Å²) >= 11 is 7.37. The number of carbonyl (C=O) groups is 1.